The van der Waals surface area contributed by atoms with Gasteiger partial charge >= 0.3 is 5.97 Å². The molecule has 0 aliphatic carbocycles. The van der Waals surface area contributed by atoms with E-state index >= 15 is 0 Å². The Morgan fingerprint density at radius 3 is 2.38 bits per heavy atom. The molecule has 0 atom stereocenters. The lowest BCUT2D eigenvalue weighted by Gasteiger charge is -2.12. The quantitative estimate of drug-likeness (QED) is 0.424. The molecule has 0 unspecified atom stereocenters. The smallest absolute Gasteiger partial charge is 0.337 e. The monoisotopic (exact) mass is 424 g/mol. The highest BCUT2D eigenvalue weighted by molar-refractivity contribution is 7.89. The maximum absolute atomic E-state index is 12.5. The van der Waals surface area contributed by atoms with E-state index in [1.165, 1.54) is 26.4 Å². The fourth-order valence-electron chi connectivity index (χ4n) is 2.66. The minimum atomic E-state index is -3.90. The number of aliphatic hydroxyl groups excluding tert-OH is 1. The topological polar surface area (TPSA) is 134 Å². The second kappa shape index (κ2) is 10.1. The lowest BCUT2D eigenvalue weighted by atomic mass is 10.1. The number of anilines is 1. The van der Waals surface area contributed by atoms with Gasteiger partial charge in [-0.3, -0.25) is 0 Å². The van der Waals surface area contributed by atoms with Crippen LogP contribution in [0.4, 0.5) is 5.69 Å². The number of methoxy groups -OCH3 is 2. The van der Waals surface area contributed by atoms with Crippen molar-refractivity contribution in [3.05, 3.63) is 47.5 Å². The van der Waals surface area contributed by atoms with Crippen molar-refractivity contribution in [2.24, 2.45) is 0 Å². The molecule has 0 amide bonds. The predicted molar refractivity (Wildman–Crippen MR) is 107 cm³/mol. The minimum absolute atomic E-state index is 0.116. The first-order valence-electron chi connectivity index (χ1n) is 8.75. The highest BCUT2D eigenvalue weighted by Crippen LogP contribution is 2.27. The Bertz CT molecular complexity index is 961. The molecular formula is C19H24N2O7S. The summed E-state index contributed by atoms with van der Waals surface area (Å²) < 4.78 is 37.9. The summed E-state index contributed by atoms with van der Waals surface area (Å²) >= 11 is 0. The molecule has 0 bridgehead atoms. The zero-order valence-electron chi connectivity index (χ0n) is 16.1. The van der Waals surface area contributed by atoms with E-state index in [1.54, 1.807) is 18.2 Å². The fourth-order valence-corrected chi connectivity index (χ4v) is 3.72. The second-order valence-electron chi connectivity index (χ2n) is 6.00. The van der Waals surface area contributed by atoms with Gasteiger partial charge in [0.25, 0.3) is 0 Å². The molecule has 0 spiro atoms. The first-order valence-corrected chi connectivity index (χ1v) is 10.2. The molecule has 0 aliphatic heterocycles. The Balaban J connectivity index is 2.11. The van der Waals surface area contributed by atoms with E-state index in [0.29, 0.717) is 17.9 Å². The first-order chi connectivity index (χ1) is 13.8. The number of ether oxygens (including phenoxy) is 2. The van der Waals surface area contributed by atoms with Gasteiger partial charge in [0.15, 0.2) is 11.5 Å². The van der Waals surface area contributed by atoms with Crippen molar-refractivity contribution in [1.29, 1.82) is 0 Å². The number of aliphatic hydroxyl groups is 1. The molecule has 4 N–H and O–H groups in total. The first kappa shape index (κ1) is 22.5. The highest BCUT2D eigenvalue weighted by atomic mass is 32.2. The fraction of sp³-hybridized carbons (Fsp3) is 0.316. The molecule has 2 aromatic carbocycles. The van der Waals surface area contributed by atoms with E-state index in [1.807, 2.05) is 0 Å². The van der Waals surface area contributed by atoms with E-state index < -0.39 is 16.0 Å². The molecule has 158 valence electrons. The van der Waals surface area contributed by atoms with Gasteiger partial charge in [0.1, 0.15) is 0 Å². The van der Waals surface area contributed by atoms with E-state index in [0.717, 1.165) is 11.6 Å². The molecular weight excluding hydrogens is 400 g/mol. The molecule has 0 fully saturated rings. The van der Waals surface area contributed by atoms with E-state index in [-0.39, 0.29) is 35.8 Å². The van der Waals surface area contributed by atoms with Crippen LogP contribution in [-0.2, 0) is 16.4 Å². The molecule has 2 aromatic rings. The Hall–Kier alpha value is -2.82. The Morgan fingerprint density at radius 1 is 1.03 bits per heavy atom. The van der Waals surface area contributed by atoms with E-state index in [4.69, 9.17) is 14.6 Å². The number of hydrogen-bond acceptors (Lipinski definition) is 7. The molecule has 9 nitrogen and oxygen atoms in total. The van der Waals surface area contributed by atoms with Crippen molar-refractivity contribution in [2.45, 2.75) is 11.3 Å². The number of carboxylic acids is 1. The molecule has 0 saturated carbocycles. The summed E-state index contributed by atoms with van der Waals surface area (Å²) in [5, 5.41) is 20.9. The van der Waals surface area contributed by atoms with Crippen LogP contribution >= 0.6 is 0 Å². The number of aromatic carboxylic acids is 1. The molecule has 0 aliphatic rings. The van der Waals surface area contributed by atoms with Crippen LogP contribution in [0.2, 0.25) is 0 Å². The van der Waals surface area contributed by atoms with Crippen LogP contribution in [0.15, 0.2) is 41.3 Å². The Kier molecular flexibility index (Phi) is 7.82. The SMILES string of the molecule is COc1ccc(CCNS(=O)(=O)c2ccc(NCCO)c(C(=O)O)c2)cc1OC. The molecule has 0 heterocycles. The molecule has 0 saturated heterocycles. The predicted octanol–water partition coefficient (Wildman–Crippen LogP) is 1.33. The third kappa shape index (κ3) is 5.83. The van der Waals surface area contributed by atoms with Crippen molar-refractivity contribution in [3.8, 4) is 11.5 Å². The highest BCUT2D eigenvalue weighted by Gasteiger charge is 2.19. The Morgan fingerprint density at radius 2 is 1.76 bits per heavy atom. The van der Waals surface area contributed by atoms with Crippen LogP contribution in [0.5, 0.6) is 11.5 Å². The van der Waals surface area contributed by atoms with Crippen molar-refractivity contribution < 1.29 is 32.9 Å². The number of carboxylic acid groups (broad SMARTS) is 1. The van der Waals surface area contributed by atoms with Gasteiger partial charge in [0, 0.05) is 18.8 Å². The van der Waals surface area contributed by atoms with Gasteiger partial charge in [-0.2, -0.15) is 0 Å². The third-order valence-corrected chi connectivity index (χ3v) is 5.57. The molecule has 10 heteroatoms. The largest absolute Gasteiger partial charge is 0.493 e. The van der Waals surface area contributed by atoms with E-state index in [9.17, 15) is 18.3 Å². The molecule has 0 aromatic heterocycles. The van der Waals surface area contributed by atoms with E-state index in [2.05, 4.69) is 10.0 Å². The number of hydrogen-bond donors (Lipinski definition) is 4. The summed E-state index contributed by atoms with van der Waals surface area (Å²) in [4.78, 5) is 11.3. The standard InChI is InChI=1S/C19H24N2O7S/c1-27-17-6-3-13(11-18(17)28-2)7-8-21-29(25,26)14-4-5-16(20-9-10-22)15(12-14)19(23)24/h3-6,11-12,20-22H,7-10H2,1-2H3,(H,23,24). The number of carbonyl (C=O) groups is 1. The van der Waals surface area contributed by atoms with Crippen LogP contribution in [0.3, 0.4) is 0 Å². The average Bonchev–Trinajstić information content (AvgIpc) is 2.71. The zero-order chi connectivity index (χ0) is 21.4. The molecule has 0 radical (unpaired) electrons. The van der Waals surface area contributed by atoms with Gasteiger partial charge in [-0.05, 0) is 42.3 Å². The van der Waals surface area contributed by atoms with Crippen LogP contribution in [0.1, 0.15) is 15.9 Å². The van der Waals surface area contributed by atoms with Crippen molar-refractivity contribution in [2.75, 3.05) is 39.2 Å². The normalized spacial score (nSPS) is 11.1. The summed E-state index contributed by atoms with van der Waals surface area (Å²) in [5.74, 6) is -0.148. The summed E-state index contributed by atoms with van der Waals surface area (Å²) in [6.07, 6.45) is 0.404. The van der Waals surface area contributed by atoms with Gasteiger partial charge in [0.05, 0.1) is 31.3 Å². The average molecular weight is 424 g/mol. The zero-order valence-corrected chi connectivity index (χ0v) is 17.0. The summed E-state index contributed by atoms with van der Waals surface area (Å²) in [6.45, 7) is 0.0808. The molecule has 29 heavy (non-hydrogen) atoms. The maximum atomic E-state index is 12.5. The number of benzene rings is 2. The van der Waals surface area contributed by atoms with Gasteiger partial charge < -0.3 is 25.0 Å². The van der Waals surface area contributed by atoms with Crippen LogP contribution in [0, 0.1) is 0 Å². The van der Waals surface area contributed by atoms with Gasteiger partial charge in [0.2, 0.25) is 10.0 Å². The third-order valence-electron chi connectivity index (χ3n) is 4.11. The number of rotatable bonds is 11. The lowest BCUT2D eigenvalue weighted by molar-refractivity contribution is 0.0697. The minimum Gasteiger partial charge on any atom is -0.493 e. The molecule has 2 rings (SSSR count). The van der Waals surface area contributed by atoms with Crippen LogP contribution in [0.25, 0.3) is 0 Å². The summed E-state index contributed by atoms with van der Waals surface area (Å²) in [6, 6.07) is 9.06. The van der Waals surface area contributed by atoms with Crippen LogP contribution in [-0.4, -0.2) is 58.5 Å². The van der Waals surface area contributed by atoms with Crippen molar-refractivity contribution >= 4 is 21.7 Å². The van der Waals surface area contributed by atoms with Gasteiger partial charge in [-0.15, -0.1) is 0 Å². The number of nitrogens with one attached hydrogen (secondary N) is 2. The summed E-state index contributed by atoms with van der Waals surface area (Å²) in [5.41, 5.74) is 0.886. The summed E-state index contributed by atoms with van der Waals surface area (Å²) in [7, 11) is -0.852. The van der Waals surface area contributed by atoms with Crippen molar-refractivity contribution in [3.63, 3.8) is 0 Å². The Labute approximate surface area is 169 Å². The maximum Gasteiger partial charge on any atom is 0.337 e. The van der Waals surface area contributed by atoms with Crippen molar-refractivity contribution in [1.82, 2.24) is 4.72 Å². The van der Waals surface area contributed by atoms with Gasteiger partial charge in [-0.25, -0.2) is 17.9 Å². The number of sulfonamides is 1. The second-order valence-corrected chi connectivity index (χ2v) is 7.77. The lowest BCUT2D eigenvalue weighted by Crippen LogP contribution is -2.26. The van der Waals surface area contributed by atoms with Crippen LogP contribution < -0.4 is 19.5 Å². The van der Waals surface area contributed by atoms with Gasteiger partial charge in [-0.1, -0.05) is 6.07 Å².